The van der Waals surface area contributed by atoms with Crippen molar-refractivity contribution in [3.63, 3.8) is 0 Å². The van der Waals surface area contributed by atoms with Crippen LogP contribution in [0.3, 0.4) is 0 Å². The predicted octanol–water partition coefficient (Wildman–Crippen LogP) is 4.10. The maximum absolute atomic E-state index is 12.3. The standard InChI is InChI=1S/C21H28N2O5/c1-6-26-19(24)17-18(27-13-15-10-8-7-9-11-15)14(2)16(23-17)12-22-20(25)28-21(3,4)5/h7-11,23H,6,12-13H2,1-5H3,(H,22,25). The second-order valence-electron chi connectivity index (χ2n) is 7.28. The number of esters is 1. The summed E-state index contributed by atoms with van der Waals surface area (Å²) < 4.78 is 16.3. The van der Waals surface area contributed by atoms with Crippen LogP contribution in [-0.2, 0) is 22.6 Å². The van der Waals surface area contributed by atoms with Gasteiger partial charge in [0.2, 0.25) is 0 Å². The molecule has 0 unspecified atom stereocenters. The summed E-state index contributed by atoms with van der Waals surface area (Å²) in [6.45, 7) is 9.67. The van der Waals surface area contributed by atoms with Crippen LogP contribution >= 0.6 is 0 Å². The zero-order valence-electron chi connectivity index (χ0n) is 17.0. The molecule has 2 rings (SSSR count). The van der Waals surface area contributed by atoms with Crippen LogP contribution in [0.2, 0.25) is 0 Å². The summed E-state index contributed by atoms with van der Waals surface area (Å²) in [5, 5.41) is 2.68. The van der Waals surface area contributed by atoms with Crippen molar-refractivity contribution in [3.8, 4) is 5.75 Å². The van der Waals surface area contributed by atoms with Gasteiger partial charge in [-0.25, -0.2) is 9.59 Å². The topological polar surface area (TPSA) is 89.7 Å². The Morgan fingerprint density at radius 2 is 1.82 bits per heavy atom. The number of alkyl carbamates (subject to hydrolysis) is 1. The highest BCUT2D eigenvalue weighted by Crippen LogP contribution is 2.28. The first-order valence-corrected chi connectivity index (χ1v) is 9.23. The number of nitrogens with one attached hydrogen (secondary N) is 2. The van der Waals surface area contributed by atoms with Crippen molar-refractivity contribution < 1.29 is 23.8 Å². The van der Waals surface area contributed by atoms with Crippen LogP contribution in [-0.4, -0.2) is 29.3 Å². The largest absolute Gasteiger partial charge is 0.486 e. The Morgan fingerprint density at radius 1 is 1.14 bits per heavy atom. The van der Waals surface area contributed by atoms with Gasteiger partial charge in [-0.2, -0.15) is 0 Å². The van der Waals surface area contributed by atoms with Crippen molar-refractivity contribution in [3.05, 3.63) is 52.8 Å². The summed E-state index contributed by atoms with van der Waals surface area (Å²) in [7, 11) is 0. The van der Waals surface area contributed by atoms with Crippen LogP contribution in [0, 0.1) is 6.92 Å². The highest BCUT2D eigenvalue weighted by molar-refractivity contribution is 5.91. The molecule has 0 aliphatic heterocycles. The lowest BCUT2D eigenvalue weighted by molar-refractivity contribution is 0.0511. The highest BCUT2D eigenvalue weighted by atomic mass is 16.6. The van der Waals surface area contributed by atoms with Crippen molar-refractivity contribution in [1.29, 1.82) is 0 Å². The molecule has 1 heterocycles. The fourth-order valence-electron chi connectivity index (χ4n) is 2.53. The Hall–Kier alpha value is -2.96. The van der Waals surface area contributed by atoms with Gasteiger partial charge in [0.05, 0.1) is 13.2 Å². The molecule has 0 radical (unpaired) electrons. The van der Waals surface area contributed by atoms with Crippen molar-refractivity contribution in [2.75, 3.05) is 6.61 Å². The molecule has 0 fully saturated rings. The minimum Gasteiger partial charge on any atom is -0.486 e. The maximum Gasteiger partial charge on any atom is 0.407 e. The average Bonchev–Trinajstić information content (AvgIpc) is 2.94. The van der Waals surface area contributed by atoms with Crippen LogP contribution < -0.4 is 10.1 Å². The third kappa shape index (κ3) is 6.04. The van der Waals surface area contributed by atoms with E-state index in [1.807, 2.05) is 37.3 Å². The molecule has 0 aliphatic rings. The molecule has 1 aromatic carbocycles. The quantitative estimate of drug-likeness (QED) is 0.697. The van der Waals surface area contributed by atoms with E-state index >= 15 is 0 Å². The lowest BCUT2D eigenvalue weighted by Gasteiger charge is -2.19. The van der Waals surface area contributed by atoms with Gasteiger partial charge in [-0.15, -0.1) is 0 Å². The third-order valence-electron chi connectivity index (χ3n) is 3.81. The van der Waals surface area contributed by atoms with Crippen LogP contribution in [0.1, 0.15) is 55.0 Å². The van der Waals surface area contributed by atoms with Gasteiger partial charge in [0.15, 0.2) is 11.4 Å². The Morgan fingerprint density at radius 3 is 2.43 bits per heavy atom. The molecular formula is C21H28N2O5. The first-order valence-electron chi connectivity index (χ1n) is 9.23. The number of H-pyrrole nitrogens is 1. The van der Waals surface area contributed by atoms with E-state index in [0.29, 0.717) is 18.1 Å². The van der Waals surface area contributed by atoms with E-state index in [1.165, 1.54) is 0 Å². The molecule has 0 bridgehead atoms. The summed E-state index contributed by atoms with van der Waals surface area (Å²) in [4.78, 5) is 27.3. The fraction of sp³-hybridized carbons (Fsp3) is 0.429. The molecule has 0 aliphatic carbocycles. The number of aromatic nitrogens is 1. The normalized spacial score (nSPS) is 11.0. The SMILES string of the molecule is CCOC(=O)c1[nH]c(CNC(=O)OC(C)(C)C)c(C)c1OCc1ccccc1. The smallest absolute Gasteiger partial charge is 0.407 e. The summed E-state index contributed by atoms with van der Waals surface area (Å²) in [6.07, 6.45) is -0.536. The van der Waals surface area contributed by atoms with Gasteiger partial charge >= 0.3 is 12.1 Å². The number of aromatic amines is 1. The Bertz CT molecular complexity index is 806. The number of ether oxygens (including phenoxy) is 3. The lowest BCUT2D eigenvalue weighted by atomic mass is 10.2. The molecule has 7 heteroatoms. The van der Waals surface area contributed by atoms with E-state index < -0.39 is 17.7 Å². The van der Waals surface area contributed by atoms with Crippen LogP contribution in [0.4, 0.5) is 4.79 Å². The molecule has 0 atom stereocenters. The Labute approximate surface area is 165 Å². The molecule has 152 valence electrons. The molecule has 7 nitrogen and oxygen atoms in total. The van der Waals surface area contributed by atoms with Gasteiger partial charge in [0.25, 0.3) is 0 Å². The maximum atomic E-state index is 12.3. The molecule has 1 aromatic heterocycles. The minimum atomic E-state index is -0.588. The molecule has 0 saturated carbocycles. The summed E-state index contributed by atoms with van der Waals surface area (Å²) in [6, 6.07) is 9.65. The summed E-state index contributed by atoms with van der Waals surface area (Å²) >= 11 is 0. The second-order valence-corrected chi connectivity index (χ2v) is 7.28. The molecule has 1 amide bonds. The van der Waals surface area contributed by atoms with Gasteiger partial charge < -0.3 is 24.5 Å². The molecule has 0 saturated heterocycles. The Balaban J connectivity index is 2.17. The first kappa shape index (κ1) is 21.3. The molecule has 0 spiro atoms. The number of benzene rings is 1. The molecule has 2 aromatic rings. The lowest BCUT2D eigenvalue weighted by Crippen LogP contribution is -2.32. The molecule has 2 N–H and O–H groups in total. The second kappa shape index (κ2) is 9.30. The zero-order valence-corrected chi connectivity index (χ0v) is 17.0. The van der Waals surface area contributed by atoms with Gasteiger partial charge in [-0.3, -0.25) is 0 Å². The monoisotopic (exact) mass is 388 g/mol. The van der Waals surface area contributed by atoms with Gasteiger partial charge in [-0.05, 0) is 40.2 Å². The van der Waals surface area contributed by atoms with Crippen molar-refractivity contribution >= 4 is 12.1 Å². The van der Waals surface area contributed by atoms with E-state index in [-0.39, 0.29) is 18.8 Å². The number of amides is 1. The van der Waals surface area contributed by atoms with Gasteiger partial charge in [-0.1, -0.05) is 30.3 Å². The number of carbonyl (C=O) groups excluding carboxylic acids is 2. The van der Waals surface area contributed by atoms with Gasteiger partial charge in [0.1, 0.15) is 12.2 Å². The predicted molar refractivity (Wildman–Crippen MR) is 105 cm³/mol. The van der Waals surface area contributed by atoms with E-state index in [9.17, 15) is 9.59 Å². The van der Waals surface area contributed by atoms with E-state index in [4.69, 9.17) is 14.2 Å². The van der Waals surface area contributed by atoms with Crippen molar-refractivity contribution in [1.82, 2.24) is 10.3 Å². The minimum absolute atomic E-state index is 0.169. The van der Waals surface area contributed by atoms with Crippen LogP contribution in [0.15, 0.2) is 30.3 Å². The number of carbonyl (C=O) groups is 2. The average molecular weight is 388 g/mol. The van der Waals surface area contributed by atoms with Crippen molar-refractivity contribution in [2.24, 2.45) is 0 Å². The molecule has 28 heavy (non-hydrogen) atoms. The first-order chi connectivity index (χ1) is 13.2. The van der Waals surface area contributed by atoms with E-state index in [1.54, 1.807) is 27.7 Å². The van der Waals surface area contributed by atoms with Gasteiger partial charge in [0, 0.05) is 11.3 Å². The number of rotatable bonds is 7. The van der Waals surface area contributed by atoms with Crippen LogP contribution in [0.25, 0.3) is 0 Å². The number of hydrogen-bond acceptors (Lipinski definition) is 5. The fourth-order valence-corrected chi connectivity index (χ4v) is 2.53. The van der Waals surface area contributed by atoms with E-state index in [2.05, 4.69) is 10.3 Å². The number of hydrogen-bond donors (Lipinski definition) is 2. The van der Waals surface area contributed by atoms with Crippen molar-refractivity contribution in [2.45, 2.75) is 53.4 Å². The Kier molecular flexibility index (Phi) is 7.09. The third-order valence-corrected chi connectivity index (χ3v) is 3.81. The molecular weight excluding hydrogens is 360 g/mol. The summed E-state index contributed by atoms with van der Waals surface area (Å²) in [5.74, 6) is -0.0829. The van der Waals surface area contributed by atoms with E-state index in [0.717, 1.165) is 11.1 Å². The van der Waals surface area contributed by atoms with Crippen LogP contribution in [0.5, 0.6) is 5.75 Å². The summed E-state index contributed by atoms with van der Waals surface area (Å²) in [5.41, 5.74) is 2.00. The zero-order chi connectivity index (χ0) is 20.7. The highest BCUT2D eigenvalue weighted by Gasteiger charge is 2.23.